The van der Waals surface area contributed by atoms with Crippen LogP contribution in [0.15, 0.2) is 109 Å². The first-order valence-electron chi connectivity index (χ1n) is 14.6. The Morgan fingerprint density at radius 3 is 1.17 bits per heavy atom. The lowest BCUT2D eigenvalue weighted by atomic mass is 9.29. The molecule has 0 N–H and O–H groups in total. The molecule has 4 aromatic rings. The van der Waals surface area contributed by atoms with Gasteiger partial charge in [0.05, 0.1) is 22.0 Å². The van der Waals surface area contributed by atoms with Crippen molar-refractivity contribution in [3.63, 3.8) is 0 Å². The second-order valence-corrected chi connectivity index (χ2v) is 12.3. The van der Waals surface area contributed by atoms with E-state index in [2.05, 4.69) is 76.2 Å². The predicted octanol–water partition coefficient (Wildman–Crippen LogP) is 7.25. The quantitative estimate of drug-likeness (QED) is 0.241. The molecule has 0 amide bonds. The fourth-order valence-electron chi connectivity index (χ4n) is 9.18. The standard InChI is InChI=1S/C37H34O4/c1-23(2)35-27-19-11-13-21-29(27)37(35)30-22-14-12-20-28(30)36(37,24(3)4)32(41-34(39)26-17-9-6-10-18-26)31(35)40-33(38)25-15-7-5-8-16-25/h5-24,31-32H,1-4H3/t31?,32?,35-,36?,37?/m0/s1. The van der Waals surface area contributed by atoms with Gasteiger partial charge in [-0.15, -0.1) is 0 Å². The van der Waals surface area contributed by atoms with Crippen LogP contribution >= 0.6 is 0 Å². The Hall–Kier alpha value is -4.18. The summed E-state index contributed by atoms with van der Waals surface area (Å²) >= 11 is 0. The first-order chi connectivity index (χ1) is 19.8. The van der Waals surface area contributed by atoms with E-state index in [1.165, 1.54) is 22.3 Å². The van der Waals surface area contributed by atoms with Crippen LogP contribution in [0.5, 0.6) is 0 Å². The van der Waals surface area contributed by atoms with E-state index < -0.39 is 40.4 Å². The van der Waals surface area contributed by atoms with Gasteiger partial charge in [-0.25, -0.2) is 9.59 Å². The van der Waals surface area contributed by atoms with Crippen molar-refractivity contribution >= 4 is 11.9 Å². The summed E-state index contributed by atoms with van der Waals surface area (Å²) < 4.78 is 13.3. The first kappa shape index (κ1) is 25.8. The molecule has 206 valence electrons. The summed E-state index contributed by atoms with van der Waals surface area (Å²) in [6, 6.07) is 35.3. The Balaban J connectivity index is 1.51. The summed E-state index contributed by atoms with van der Waals surface area (Å²) in [6.45, 7) is 8.87. The lowest BCUT2D eigenvalue weighted by molar-refractivity contribution is -0.0643. The number of benzene rings is 4. The lowest BCUT2D eigenvalue weighted by Crippen LogP contribution is -2.74. The number of ether oxygens (including phenoxy) is 2. The highest BCUT2D eigenvalue weighted by molar-refractivity contribution is 5.92. The highest BCUT2D eigenvalue weighted by Gasteiger charge is 2.90. The molecule has 4 heteroatoms. The van der Waals surface area contributed by atoms with Crippen LogP contribution in [0.25, 0.3) is 0 Å². The van der Waals surface area contributed by atoms with Crippen molar-refractivity contribution in [2.24, 2.45) is 11.8 Å². The highest BCUT2D eigenvalue weighted by atomic mass is 16.6. The van der Waals surface area contributed by atoms with E-state index in [1.807, 2.05) is 36.4 Å². The summed E-state index contributed by atoms with van der Waals surface area (Å²) in [4.78, 5) is 27.7. The van der Waals surface area contributed by atoms with Crippen LogP contribution in [0.2, 0.25) is 0 Å². The maximum absolute atomic E-state index is 13.9. The molecular weight excluding hydrogens is 508 g/mol. The Morgan fingerprint density at radius 2 is 0.829 bits per heavy atom. The summed E-state index contributed by atoms with van der Waals surface area (Å²) in [5, 5.41) is 0. The van der Waals surface area contributed by atoms with E-state index in [1.54, 1.807) is 24.3 Å². The molecule has 5 atom stereocenters. The van der Waals surface area contributed by atoms with Crippen molar-refractivity contribution in [2.75, 3.05) is 0 Å². The van der Waals surface area contributed by atoms with E-state index in [4.69, 9.17) is 9.47 Å². The minimum Gasteiger partial charge on any atom is -0.454 e. The van der Waals surface area contributed by atoms with Crippen molar-refractivity contribution in [3.8, 4) is 0 Å². The van der Waals surface area contributed by atoms with Gasteiger partial charge in [0.1, 0.15) is 0 Å². The number of hydrogen-bond donors (Lipinski definition) is 0. The van der Waals surface area contributed by atoms with Gasteiger partial charge in [-0.05, 0) is 58.4 Å². The van der Waals surface area contributed by atoms with Gasteiger partial charge in [-0.2, -0.15) is 0 Å². The van der Waals surface area contributed by atoms with Gasteiger partial charge in [-0.1, -0.05) is 113 Å². The Labute approximate surface area is 241 Å². The van der Waals surface area contributed by atoms with E-state index in [0.29, 0.717) is 11.1 Å². The molecule has 4 unspecified atom stereocenters. The zero-order valence-electron chi connectivity index (χ0n) is 23.8. The minimum atomic E-state index is -0.701. The third-order valence-electron chi connectivity index (χ3n) is 10.3. The molecule has 0 aromatic heterocycles. The molecule has 4 aromatic carbocycles. The molecule has 7 rings (SSSR count). The van der Waals surface area contributed by atoms with Crippen LogP contribution < -0.4 is 0 Å². The van der Waals surface area contributed by atoms with Crippen molar-refractivity contribution < 1.29 is 19.1 Å². The third-order valence-corrected chi connectivity index (χ3v) is 10.3. The van der Waals surface area contributed by atoms with Gasteiger partial charge >= 0.3 is 11.9 Å². The number of carbonyl (C=O) groups is 2. The van der Waals surface area contributed by atoms with Gasteiger partial charge in [0, 0.05) is 5.41 Å². The van der Waals surface area contributed by atoms with Crippen LogP contribution in [0.4, 0.5) is 0 Å². The average molecular weight is 543 g/mol. The summed E-state index contributed by atoms with van der Waals surface area (Å²) in [5.74, 6) is -0.642. The number of rotatable bonds is 6. The number of hydrogen-bond acceptors (Lipinski definition) is 4. The highest BCUT2D eigenvalue weighted by Crippen LogP contribution is 2.84. The summed E-state index contributed by atoms with van der Waals surface area (Å²) in [5.41, 5.74) is 4.17. The topological polar surface area (TPSA) is 52.6 Å². The molecule has 1 spiro atoms. The van der Waals surface area contributed by atoms with Gasteiger partial charge in [0.2, 0.25) is 0 Å². The molecule has 0 bridgehead atoms. The first-order valence-corrected chi connectivity index (χ1v) is 14.6. The van der Waals surface area contributed by atoms with Crippen LogP contribution in [0.1, 0.15) is 70.7 Å². The molecule has 41 heavy (non-hydrogen) atoms. The van der Waals surface area contributed by atoms with Crippen LogP contribution in [0.3, 0.4) is 0 Å². The molecule has 0 heterocycles. The van der Waals surface area contributed by atoms with Gasteiger partial charge in [-0.3, -0.25) is 0 Å². The zero-order chi connectivity index (χ0) is 28.6. The van der Waals surface area contributed by atoms with E-state index >= 15 is 0 Å². The molecule has 4 nitrogen and oxygen atoms in total. The van der Waals surface area contributed by atoms with Gasteiger partial charge in [0.15, 0.2) is 12.2 Å². The number of esters is 2. The molecule has 0 saturated heterocycles. The van der Waals surface area contributed by atoms with E-state index in [0.717, 1.165) is 0 Å². The molecule has 3 aliphatic rings. The maximum atomic E-state index is 13.9. The fraction of sp³-hybridized carbons (Fsp3) is 0.297. The molecule has 1 fully saturated rings. The van der Waals surface area contributed by atoms with Crippen LogP contribution in [0, 0.1) is 11.8 Å². The Kier molecular flexibility index (Phi) is 5.60. The second kappa shape index (κ2) is 8.91. The van der Waals surface area contributed by atoms with Crippen molar-refractivity contribution in [2.45, 2.75) is 56.1 Å². The number of carbonyl (C=O) groups excluding carboxylic acids is 2. The lowest BCUT2D eigenvalue weighted by Gasteiger charge is -2.72. The summed E-state index contributed by atoms with van der Waals surface area (Å²) in [7, 11) is 0. The SMILES string of the molecule is CC(C)C12c3ccccc3C13c1ccccc1[C@@]3(C(C)C)C(OC(=O)c1ccccc1)C2OC(=O)c1ccccc1. The van der Waals surface area contributed by atoms with E-state index in [9.17, 15) is 9.59 Å². The second-order valence-electron chi connectivity index (χ2n) is 12.3. The third kappa shape index (κ3) is 2.85. The molecule has 0 aliphatic heterocycles. The minimum absolute atomic E-state index is 0.0814. The normalized spacial score (nSPS) is 28.4. The monoisotopic (exact) mass is 542 g/mol. The van der Waals surface area contributed by atoms with Crippen LogP contribution in [-0.2, 0) is 25.7 Å². The molecule has 1 saturated carbocycles. The fourth-order valence-corrected chi connectivity index (χ4v) is 9.18. The van der Waals surface area contributed by atoms with Crippen molar-refractivity contribution in [3.05, 3.63) is 143 Å². The zero-order valence-corrected chi connectivity index (χ0v) is 23.8. The molecule has 0 radical (unpaired) electrons. The predicted molar refractivity (Wildman–Crippen MR) is 158 cm³/mol. The van der Waals surface area contributed by atoms with Crippen molar-refractivity contribution in [1.82, 2.24) is 0 Å². The smallest absolute Gasteiger partial charge is 0.338 e. The number of fused-ring (bicyclic) bond motifs is 4. The Bertz CT molecular complexity index is 1530. The van der Waals surface area contributed by atoms with E-state index in [-0.39, 0.29) is 11.8 Å². The maximum Gasteiger partial charge on any atom is 0.338 e. The Morgan fingerprint density at radius 1 is 0.512 bits per heavy atom. The van der Waals surface area contributed by atoms with Gasteiger partial charge < -0.3 is 9.47 Å². The van der Waals surface area contributed by atoms with Crippen LogP contribution in [-0.4, -0.2) is 24.1 Å². The van der Waals surface area contributed by atoms with Gasteiger partial charge in [0.25, 0.3) is 0 Å². The average Bonchev–Trinajstić information content (AvgIpc) is 3.13. The summed E-state index contributed by atoms with van der Waals surface area (Å²) in [6.07, 6.45) is -1.40. The molecule has 3 aliphatic carbocycles. The largest absolute Gasteiger partial charge is 0.454 e. The van der Waals surface area contributed by atoms with Crippen molar-refractivity contribution in [1.29, 1.82) is 0 Å². The molecular formula is C37H34O4.